The van der Waals surface area contributed by atoms with Gasteiger partial charge >= 0.3 is 6.18 Å². The molecule has 1 saturated heterocycles. The summed E-state index contributed by atoms with van der Waals surface area (Å²) in [4.78, 5) is 6.84. The zero-order valence-corrected chi connectivity index (χ0v) is 15.9. The second-order valence-electron chi connectivity index (χ2n) is 6.36. The monoisotopic (exact) mass is 387 g/mol. The fourth-order valence-electron chi connectivity index (χ4n) is 2.96. The van der Waals surface area contributed by atoms with Crippen molar-refractivity contribution in [1.82, 2.24) is 10.2 Å². The van der Waals surface area contributed by atoms with E-state index in [9.17, 15) is 13.2 Å². The molecule has 1 N–H and O–H groups in total. The number of piperidine rings is 1. The molecule has 0 aromatic heterocycles. The number of hydrogen-bond donors (Lipinski definition) is 1. The molecule has 0 bridgehead atoms. The van der Waals surface area contributed by atoms with E-state index in [1.165, 1.54) is 6.07 Å². The molecule has 2 rings (SSSR count). The fourth-order valence-corrected chi connectivity index (χ4v) is 2.96. The van der Waals surface area contributed by atoms with E-state index >= 15 is 0 Å². The summed E-state index contributed by atoms with van der Waals surface area (Å²) in [6.07, 6.45) is -2.13. The van der Waals surface area contributed by atoms with Crippen molar-refractivity contribution in [3.63, 3.8) is 0 Å². The van der Waals surface area contributed by atoms with Gasteiger partial charge in [-0.3, -0.25) is 0 Å². The number of halogens is 3. The number of hydrogen-bond acceptors (Lipinski definition) is 3. The van der Waals surface area contributed by atoms with E-state index in [1.807, 2.05) is 19.9 Å². The molecule has 0 aliphatic carbocycles. The van der Waals surface area contributed by atoms with E-state index in [0.717, 1.165) is 50.6 Å². The quantitative estimate of drug-likeness (QED) is 0.574. The summed E-state index contributed by atoms with van der Waals surface area (Å²) >= 11 is 0. The number of nitrogens with one attached hydrogen (secondary N) is 1. The van der Waals surface area contributed by atoms with Crippen LogP contribution < -0.4 is 10.1 Å². The van der Waals surface area contributed by atoms with E-state index < -0.39 is 12.8 Å². The van der Waals surface area contributed by atoms with Crippen LogP contribution in [0.5, 0.6) is 5.75 Å². The van der Waals surface area contributed by atoms with Gasteiger partial charge < -0.3 is 19.7 Å². The van der Waals surface area contributed by atoms with Gasteiger partial charge in [-0.15, -0.1) is 0 Å². The second kappa shape index (κ2) is 10.4. The lowest BCUT2D eigenvalue weighted by Gasteiger charge is -2.34. The Morgan fingerprint density at radius 1 is 1.26 bits per heavy atom. The first-order valence-corrected chi connectivity index (χ1v) is 9.34. The highest BCUT2D eigenvalue weighted by Gasteiger charge is 2.28. The predicted molar refractivity (Wildman–Crippen MR) is 99.0 cm³/mol. The van der Waals surface area contributed by atoms with E-state index in [0.29, 0.717) is 12.6 Å². The Kier molecular flexibility index (Phi) is 8.22. The first kappa shape index (κ1) is 21.3. The highest BCUT2D eigenvalue weighted by molar-refractivity contribution is 5.80. The lowest BCUT2D eigenvalue weighted by molar-refractivity contribution is -0.153. The molecule has 27 heavy (non-hydrogen) atoms. The summed E-state index contributed by atoms with van der Waals surface area (Å²) in [5.74, 6) is 1.01. The molecule has 0 amide bonds. The molecule has 152 valence electrons. The van der Waals surface area contributed by atoms with Gasteiger partial charge in [0.15, 0.2) is 12.6 Å². The number of benzene rings is 1. The molecule has 0 unspecified atom stereocenters. The maximum atomic E-state index is 12.3. The number of aliphatic imine (C=N–C) groups is 1. The van der Waals surface area contributed by atoms with Gasteiger partial charge in [-0.05, 0) is 44.4 Å². The van der Waals surface area contributed by atoms with Gasteiger partial charge in [0.2, 0.25) is 0 Å². The van der Waals surface area contributed by atoms with Crippen LogP contribution in [0.2, 0.25) is 0 Å². The van der Waals surface area contributed by atoms with E-state index in [4.69, 9.17) is 9.47 Å². The summed E-state index contributed by atoms with van der Waals surface area (Å²) in [5, 5.41) is 3.28. The summed E-state index contributed by atoms with van der Waals surface area (Å²) < 4.78 is 47.4. The molecule has 0 saturated carbocycles. The van der Waals surface area contributed by atoms with Crippen LogP contribution in [0.4, 0.5) is 13.2 Å². The van der Waals surface area contributed by atoms with Crippen LogP contribution >= 0.6 is 0 Å². The molecule has 8 heteroatoms. The van der Waals surface area contributed by atoms with E-state index in [1.54, 1.807) is 12.1 Å². The Morgan fingerprint density at radius 3 is 2.63 bits per heavy atom. The summed E-state index contributed by atoms with van der Waals surface area (Å²) in [6.45, 7) is 6.30. The van der Waals surface area contributed by atoms with Crippen LogP contribution in [-0.2, 0) is 11.3 Å². The zero-order valence-electron chi connectivity index (χ0n) is 15.9. The molecule has 0 spiro atoms. The van der Waals surface area contributed by atoms with E-state index in [2.05, 4.69) is 15.2 Å². The van der Waals surface area contributed by atoms with Gasteiger partial charge in [-0.25, -0.2) is 4.99 Å². The third-order valence-corrected chi connectivity index (χ3v) is 4.19. The molecule has 5 nitrogen and oxygen atoms in total. The van der Waals surface area contributed by atoms with Crippen LogP contribution in [-0.4, -0.2) is 56.0 Å². The standard InChI is InChI=1S/C19H28F3N3O2/c1-3-23-18(25-10-8-16(9-11-25)26-4-2)24-13-15-6-5-7-17(12-15)27-14-19(20,21)22/h5-7,12,16H,3-4,8-11,13-14H2,1-2H3,(H,23,24). The first-order valence-electron chi connectivity index (χ1n) is 9.34. The third-order valence-electron chi connectivity index (χ3n) is 4.19. The Labute approximate surface area is 158 Å². The number of likely N-dealkylation sites (tertiary alicyclic amines) is 1. The lowest BCUT2D eigenvalue weighted by atomic mass is 10.1. The van der Waals surface area contributed by atoms with Gasteiger partial charge in [0.1, 0.15) is 5.75 Å². The Bertz CT molecular complexity index is 600. The van der Waals surface area contributed by atoms with Crippen molar-refractivity contribution < 1.29 is 22.6 Å². The van der Waals surface area contributed by atoms with Gasteiger partial charge in [0.25, 0.3) is 0 Å². The highest BCUT2D eigenvalue weighted by Crippen LogP contribution is 2.20. The maximum absolute atomic E-state index is 12.3. The Hall–Kier alpha value is -1.96. The smallest absolute Gasteiger partial charge is 0.422 e. The molecular formula is C19H28F3N3O2. The normalized spacial score (nSPS) is 16.5. The minimum absolute atomic E-state index is 0.197. The minimum atomic E-state index is -4.35. The van der Waals surface area contributed by atoms with Crippen LogP contribution in [0.1, 0.15) is 32.3 Å². The van der Waals surface area contributed by atoms with Crippen molar-refractivity contribution in [2.24, 2.45) is 4.99 Å². The molecular weight excluding hydrogens is 359 g/mol. The molecule has 0 radical (unpaired) electrons. The SMILES string of the molecule is CCNC(=NCc1cccc(OCC(F)(F)F)c1)N1CCC(OCC)CC1. The topological polar surface area (TPSA) is 46.1 Å². The summed E-state index contributed by atoms with van der Waals surface area (Å²) in [6, 6.07) is 6.62. The molecule has 1 aliphatic rings. The third kappa shape index (κ3) is 7.66. The van der Waals surface area contributed by atoms with E-state index in [-0.39, 0.29) is 5.75 Å². The lowest BCUT2D eigenvalue weighted by Crippen LogP contribution is -2.47. The van der Waals surface area contributed by atoms with Crippen molar-refractivity contribution >= 4 is 5.96 Å². The first-order chi connectivity index (χ1) is 12.9. The number of alkyl halides is 3. The molecule has 0 atom stereocenters. The van der Waals surface area contributed by atoms with Crippen LogP contribution in [0.25, 0.3) is 0 Å². The molecule has 1 aromatic rings. The fraction of sp³-hybridized carbons (Fsp3) is 0.632. The molecule has 1 aliphatic heterocycles. The maximum Gasteiger partial charge on any atom is 0.422 e. The molecule has 1 aromatic carbocycles. The van der Waals surface area contributed by atoms with Gasteiger partial charge in [0, 0.05) is 26.2 Å². The summed E-state index contributed by atoms with van der Waals surface area (Å²) in [7, 11) is 0. The van der Waals surface area contributed by atoms with Gasteiger partial charge in [0.05, 0.1) is 12.6 Å². The number of nitrogens with zero attached hydrogens (tertiary/aromatic N) is 2. The number of rotatable bonds is 7. The largest absolute Gasteiger partial charge is 0.484 e. The van der Waals surface area contributed by atoms with Crippen LogP contribution in [0, 0.1) is 0 Å². The van der Waals surface area contributed by atoms with Crippen molar-refractivity contribution in [1.29, 1.82) is 0 Å². The van der Waals surface area contributed by atoms with Gasteiger partial charge in [-0.2, -0.15) is 13.2 Å². The summed E-state index contributed by atoms with van der Waals surface area (Å²) in [5.41, 5.74) is 0.800. The number of guanidine groups is 1. The van der Waals surface area contributed by atoms with Crippen LogP contribution in [0.3, 0.4) is 0 Å². The Morgan fingerprint density at radius 2 is 2.00 bits per heavy atom. The van der Waals surface area contributed by atoms with Gasteiger partial charge in [-0.1, -0.05) is 12.1 Å². The predicted octanol–water partition coefficient (Wildman–Crippen LogP) is 3.59. The Balaban J connectivity index is 1.96. The van der Waals surface area contributed by atoms with Crippen LogP contribution in [0.15, 0.2) is 29.3 Å². The highest BCUT2D eigenvalue weighted by atomic mass is 19.4. The number of ether oxygens (including phenoxy) is 2. The zero-order chi connectivity index (χ0) is 19.7. The minimum Gasteiger partial charge on any atom is -0.484 e. The van der Waals surface area contributed by atoms with Crippen molar-refractivity contribution in [2.45, 2.75) is 45.5 Å². The van der Waals surface area contributed by atoms with Crippen molar-refractivity contribution in [2.75, 3.05) is 32.8 Å². The van der Waals surface area contributed by atoms with Crippen molar-refractivity contribution in [3.8, 4) is 5.75 Å². The van der Waals surface area contributed by atoms with Crippen molar-refractivity contribution in [3.05, 3.63) is 29.8 Å². The molecule has 1 heterocycles. The second-order valence-corrected chi connectivity index (χ2v) is 6.36. The average Bonchev–Trinajstić information content (AvgIpc) is 2.64. The average molecular weight is 387 g/mol. The molecule has 1 fully saturated rings.